The molecule has 0 fully saturated rings. The lowest BCUT2D eigenvalue weighted by molar-refractivity contribution is -0.114. The molecule has 0 saturated carbocycles. The molecule has 0 heterocycles. The lowest BCUT2D eigenvalue weighted by Gasteiger charge is -2.09. The van der Waals surface area contributed by atoms with E-state index in [0.717, 1.165) is 16.9 Å². The van der Waals surface area contributed by atoms with Crippen molar-refractivity contribution in [2.75, 3.05) is 17.2 Å². The van der Waals surface area contributed by atoms with E-state index in [1.807, 2.05) is 25.1 Å². The number of anilines is 2. The maximum absolute atomic E-state index is 10.9. The zero-order chi connectivity index (χ0) is 11.3. The van der Waals surface area contributed by atoms with Gasteiger partial charge in [-0.1, -0.05) is 5.92 Å². The molecule has 0 aliphatic rings. The lowest BCUT2D eigenvalue weighted by Crippen LogP contribution is -2.07. The van der Waals surface area contributed by atoms with Gasteiger partial charge in [-0.3, -0.25) is 4.79 Å². The number of rotatable bonds is 3. The second-order valence-electron chi connectivity index (χ2n) is 3.27. The standard InChI is InChI=1S/C12H14N2O/c1-4-7-13-11-5-6-12(9(2)8-11)14-10(3)15/h1,5-6,8,13H,7H2,2-3H3,(H,14,15). The molecule has 1 aromatic carbocycles. The minimum Gasteiger partial charge on any atom is -0.374 e. The van der Waals surface area contributed by atoms with Gasteiger partial charge >= 0.3 is 0 Å². The molecule has 1 amide bonds. The summed E-state index contributed by atoms with van der Waals surface area (Å²) in [6.45, 7) is 3.93. The molecule has 0 saturated heterocycles. The van der Waals surface area contributed by atoms with Crippen molar-refractivity contribution >= 4 is 17.3 Å². The highest BCUT2D eigenvalue weighted by Gasteiger charge is 2.00. The molecule has 0 aromatic heterocycles. The van der Waals surface area contributed by atoms with Gasteiger partial charge in [0, 0.05) is 18.3 Å². The van der Waals surface area contributed by atoms with Crippen LogP contribution < -0.4 is 10.6 Å². The Hall–Kier alpha value is -1.95. The van der Waals surface area contributed by atoms with Crippen LogP contribution in [0.4, 0.5) is 11.4 Å². The van der Waals surface area contributed by atoms with Crippen molar-refractivity contribution < 1.29 is 4.79 Å². The van der Waals surface area contributed by atoms with E-state index in [1.54, 1.807) is 0 Å². The van der Waals surface area contributed by atoms with Gasteiger partial charge in [-0.2, -0.15) is 0 Å². The zero-order valence-corrected chi connectivity index (χ0v) is 8.92. The van der Waals surface area contributed by atoms with Gasteiger partial charge in [-0.15, -0.1) is 6.42 Å². The van der Waals surface area contributed by atoms with Crippen LogP contribution in [0.1, 0.15) is 12.5 Å². The number of benzene rings is 1. The maximum atomic E-state index is 10.9. The van der Waals surface area contributed by atoms with E-state index in [-0.39, 0.29) is 5.91 Å². The predicted molar refractivity (Wildman–Crippen MR) is 62.8 cm³/mol. The Morgan fingerprint density at radius 1 is 1.53 bits per heavy atom. The number of aryl methyl sites for hydroxylation is 1. The summed E-state index contributed by atoms with van der Waals surface area (Å²) in [4.78, 5) is 10.9. The lowest BCUT2D eigenvalue weighted by atomic mass is 10.1. The summed E-state index contributed by atoms with van der Waals surface area (Å²) in [5.41, 5.74) is 2.79. The highest BCUT2D eigenvalue weighted by molar-refractivity contribution is 5.89. The molecular weight excluding hydrogens is 188 g/mol. The van der Waals surface area contributed by atoms with Crippen molar-refractivity contribution in [2.24, 2.45) is 0 Å². The molecule has 0 spiro atoms. The Kier molecular flexibility index (Phi) is 3.75. The SMILES string of the molecule is C#CCNc1ccc(NC(C)=O)c(C)c1. The summed E-state index contributed by atoms with van der Waals surface area (Å²) in [5.74, 6) is 2.43. The van der Waals surface area contributed by atoms with Gasteiger partial charge in [0.15, 0.2) is 0 Å². The Bertz CT molecular complexity index is 405. The monoisotopic (exact) mass is 202 g/mol. The second kappa shape index (κ2) is 5.06. The fourth-order valence-corrected chi connectivity index (χ4v) is 1.26. The van der Waals surface area contributed by atoms with E-state index in [9.17, 15) is 4.79 Å². The Morgan fingerprint density at radius 3 is 2.80 bits per heavy atom. The van der Waals surface area contributed by atoms with Crippen molar-refractivity contribution in [1.82, 2.24) is 0 Å². The molecule has 3 heteroatoms. The zero-order valence-electron chi connectivity index (χ0n) is 8.92. The van der Waals surface area contributed by atoms with Crippen LogP contribution in [0.3, 0.4) is 0 Å². The molecule has 1 aromatic rings. The van der Waals surface area contributed by atoms with Gasteiger partial charge in [-0.05, 0) is 30.7 Å². The molecular formula is C12H14N2O. The highest BCUT2D eigenvalue weighted by atomic mass is 16.1. The first kappa shape index (κ1) is 11.1. The fraction of sp³-hybridized carbons (Fsp3) is 0.250. The normalized spacial score (nSPS) is 9.13. The van der Waals surface area contributed by atoms with Crippen LogP contribution in [0.5, 0.6) is 0 Å². The van der Waals surface area contributed by atoms with Crippen molar-refractivity contribution in [1.29, 1.82) is 0 Å². The Morgan fingerprint density at radius 2 is 2.27 bits per heavy atom. The number of nitrogens with one attached hydrogen (secondary N) is 2. The summed E-state index contributed by atoms with van der Waals surface area (Å²) in [6.07, 6.45) is 5.14. The largest absolute Gasteiger partial charge is 0.374 e. The van der Waals surface area contributed by atoms with Crippen LogP contribution in [-0.2, 0) is 4.79 Å². The number of hydrogen-bond donors (Lipinski definition) is 2. The van der Waals surface area contributed by atoms with Crippen molar-refractivity contribution in [3.05, 3.63) is 23.8 Å². The topological polar surface area (TPSA) is 41.1 Å². The number of terminal acetylenes is 1. The van der Waals surface area contributed by atoms with Crippen molar-refractivity contribution in [2.45, 2.75) is 13.8 Å². The van der Waals surface area contributed by atoms with Crippen LogP contribution in [-0.4, -0.2) is 12.5 Å². The minimum atomic E-state index is -0.0672. The second-order valence-corrected chi connectivity index (χ2v) is 3.27. The molecule has 0 bridgehead atoms. The Labute approximate surface area is 89.9 Å². The van der Waals surface area contributed by atoms with E-state index >= 15 is 0 Å². The summed E-state index contributed by atoms with van der Waals surface area (Å²) in [6, 6.07) is 5.69. The first-order chi connectivity index (χ1) is 7.13. The number of carbonyl (C=O) groups excluding carboxylic acids is 1. The number of carbonyl (C=O) groups is 1. The van der Waals surface area contributed by atoms with E-state index in [2.05, 4.69) is 16.6 Å². The van der Waals surface area contributed by atoms with Crippen LogP contribution in [0, 0.1) is 19.3 Å². The van der Waals surface area contributed by atoms with Crippen molar-refractivity contribution in [3.8, 4) is 12.3 Å². The molecule has 0 radical (unpaired) electrons. The average Bonchev–Trinajstić information content (AvgIpc) is 2.18. The predicted octanol–water partition coefficient (Wildman–Crippen LogP) is 2.00. The van der Waals surface area contributed by atoms with E-state index < -0.39 is 0 Å². The molecule has 2 N–H and O–H groups in total. The highest BCUT2D eigenvalue weighted by Crippen LogP contribution is 2.19. The van der Waals surface area contributed by atoms with Gasteiger partial charge in [0.1, 0.15) is 0 Å². The molecule has 0 aliphatic heterocycles. The molecule has 0 unspecified atom stereocenters. The van der Waals surface area contributed by atoms with Crippen LogP contribution in [0.15, 0.2) is 18.2 Å². The summed E-state index contributed by atoms with van der Waals surface area (Å²) < 4.78 is 0. The molecule has 1 rings (SSSR count). The number of hydrogen-bond acceptors (Lipinski definition) is 2. The van der Waals surface area contributed by atoms with Gasteiger partial charge in [0.05, 0.1) is 6.54 Å². The van der Waals surface area contributed by atoms with Gasteiger partial charge < -0.3 is 10.6 Å². The third-order valence-corrected chi connectivity index (χ3v) is 1.93. The Balaban J connectivity index is 2.79. The van der Waals surface area contributed by atoms with E-state index in [0.29, 0.717) is 6.54 Å². The average molecular weight is 202 g/mol. The minimum absolute atomic E-state index is 0.0672. The van der Waals surface area contributed by atoms with Gasteiger partial charge in [-0.25, -0.2) is 0 Å². The quantitative estimate of drug-likeness (QED) is 0.736. The van der Waals surface area contributed by atoms with Gasteiger partial charge in [0.2, 0.25) is 5.91 Å². The van der Waals surface area contributed by atoms with Crippen molar-refractivity contribution in [3.63, 3.8) is 0 Å². The number of amides is 1. The van der Waals surface area contributed by atoms with Crippen LogP contribution in [0.2, 0.25) is 0 Å². The first-order valence-corrected chi connectivity index (χ1v) is 4.69. The maximum Gasteiger partial charge on any atom is 0.221 e. The molecule has 15 heavy (non-hydrogen) atoms. The van der Waals surface area contributed by atoms with Crippen LogP contribution in [0.25, 0.3) is 0 Å². The fourth-order valence-electron chi connectivity index (χ4n) is 1.26. The molecule has 3 nitrogen and oxygen atoms in total. The summed E-state index contributed by atoms with van der Waals surface area (Å²) >= 11 is 0. The van der Waals surface area contributed by atoms with Crippen LogP contribution >= 0.6 is 0 Å². The third-order valence-electron chi connectivity index (χ3n) is 1.93. The van der Waals surface area contributed by atoms with Gasteiger partial charge in [0.25, 0.3) is 0 Å². The first-order valence-electron chi connectivity index (χ1n) is 4.69. The third kappa shape index (κ3) is 3.35. The molecule has 0 aliphatic carbocycles. The summed E-state index contributed by atoms with van der Waals surface area (Å²) in [7, 11) is 0. The van der Waals surface area contributed by atoms with E-state index in [1.165, 1.54) is 6.92 Å². The summed E-state index contributed by atoms with van der Waals surface area (Å²) in [5, 5.41) is 5.82. The smallest absolute Gasteiger partial charge is 0.221 e. The molecule has 0 atom stereocenters. The van der Waals surface area contributed by atoms with E-state index in [4.69, 9.17) is 6.42 Å². The molecule has 78 valence electrons.